The zero-order valence-corrected chi connectivity index (χ0v) is 11.8. The summed E-state index contributed by atoms with van der Waals surface area (Å²) in [5, 5.41) is 20.7. The predicted molar refractivity (Wildman–Crippen MR) is 81.4 cm³/mol. The van der Waals surface area contributed by atoms with Crippen molar-refractivity contribution in [2.75, 3.05) is 13.1 Å². The Balaban J connectivity index is 0.00000176. The van der Waals surface area contributed by atoms with Crippen LogP contribution in [0.2, 0.25) is 0 Å². The Morgan fingerprint density at radius 2 is 2.19 bits per heavy atom. The number of nitrogens with zero attached hydrogens (tertiary/aromatic N) is 2. The zero-order chi connectivity index (χ0) is 14.5. The lowest BCUT2D eigenvalue weighted by molar-refractivity contribution is 0.148. The number of rotatable bonds is 7. The fourth-order valence-corrected chi connectivity index (χ4v) is 2.10. The molecule has 0 bridgehead atoms. The highest BCUT2D eigenvalue weighted by molar-refractivity contribution is 5.31. The Kier molecular flexibility index (Phi) is 4.13. The fourth-order valence-electron chi connectivity index (χ4n) is 2.10. The van der Waals surface area contributed by atoms with E-state index in [1.54, 1.807) is 18.3 Å². The third-order valence-corrected chi connectivity index (χ3v) is 3.54. The Morgan fingerprint density at radius 1 is 1.29 bits per heavy atom. The van der Waals surface area contributed by atoms with Crippen LogP contribution in [0.1, 0.15) is 19.8 Å². The van der Waals surface area contributed by atoms with E-state index in [1.807, 2.05) is 18.2 Å². The molecule has 1 aliphatic carbocycles. The van der Waals surface area contributed by atoms with Gasteiger partial charge in [-0.1, -0.05) is 12.1 Å². The van der Waals surface area contributed by atoms with Gasteiger partial charge in [-0.2, -0.15) is 5.10 Å². The molecule has 0 radical (unpaired) electrons. The van der Waals surface area contributed by atoms with Crippen LogP contribution in [0.25, 0.3) is 0 Å². The van der Waals surface area contributed by atoms with Gasteiger partial charge in [0.1, 0.15) is 5.75 Å². The standard InChI is InChI=1S/C16H19N3O2.H2/c20-16(7-8-16)12-17-10-6-13-3-1-4-14(11-13)21-15-5-2-9-18-19-15;/h1-5,9,11,17,20H,6-8,10,12H2;1H. The fraction of sp³-hybridized carbons (Fsp3) is 0.375. The number of aliphatic hydroxyl groups is 1. The highest BCUT2D eigenvalue weighted by Crippen LogP contribution is 2.33. The second-order valence-corrected chi connectivity index (χ2v) is 5.46. The summed E-state index contributed by atoms with van der Waals surface area (Å²) in [6.45, 7) is 1.53. The largest absolute Gasteiger partial charge is 0.438 e. The van der Waals surface area contributed by atoms with Gasteiger partial charge in [0.2, 0.25) is 5.88 Å². The number of benzene rings is 1. The first-order valence-corrected chi connectivity index (χ1v) is 7.21. The number of ether oxygens (including phenoxy) is 1. The molecular weight excluding hydrogens is 266 g/mol. The van der Waals surface area contributed by atoms with Crippen molar-refractivity contribution in [2.24, 2.45) is 0 Å². The van der Waals surface area contributed by atoms with Crippen LogP contribution in [0, 0.1) is 0 Å². The molecule has 2 N–H and O–H groups in total. The van der Waals surface area contributed by atoms with Crippen LogP contribution in [0.3, 0.4) is 0 Å². The summed E-state index contributed by atoms with van der Waals surface area (Å²) in [5.74, 6) is 1.25. The number of nitrogens with one attached hydrogen (secondary N) is 1. The van der Waals surface area contributed by atoms with Gasteiger partial charge in [0.05, 0.1) is 5.60 Å². The van der Waals surface area contributed by atoms with Crippen molar-refractivity contribution in [3.05, 3.63) is 48.2 Å². The van der Waals surface area contributed by atoms with Gasteiger partial charge in [-0.25, -0.2) is 0 Å². The van der Waals surface area contributed by atoms with Gasteiger partial charge >= 0.3 is 0 Å². The van der Waals surface area contributed by atoms with Crippen molar-refractivity contribution in [1.82, 2.24) is 15.5 Å². The molecule has 5 heteroatoms. The van der Waals surface area contributed by atoms with Crippen LogP contribution >= 0.6 is 0 Å². The Hall–Kier alpha value is -1.98. The molecule has 1 aromatic carbocycles. The van der Waals surface area contributed by atoms with Crippen LogP contribution in [-0.2, 0) is 6.42 Å². The first kappa shape index (κ1) is 14.0. The van der Waals surface area contributed by atoms with Crippen molar-refractivity contribution >= 4 is 0 Å². The third-order valence-electron chi connectivity index (χ3n) is 3.54. The van der Waals surface area contributed by atoms with Crippen molar-refractivity contribution in [3.8, 4) is 11.6 Å². The van der Waals surface area contributed by atoms with E-state index in [9.17, 15) is 5.11 Å². The van der Waals surface area contributed by atoms with E-state index >= 15 is 0 Å². The van der Waals surface area contributed by atoms with E-state index in [4.69, 9.17) is 4.74 Å². The molecule has 0 saturated heterocycles. The summed E-state index contributed by atoms with van der Waals surface area (Å²) in [6.07, 6.45) is 4.35. The lowest BCUT2D eigenvalue weighted by Gasteiger charge is -2.10. The quantitative estimate of drug-likeness (QED) is 0.764. The van der Waals surface area contributed by atoms with E-state index in [1.165, 1.54) is 5.56 Å². The van der Waals surface area contributed by atoms with E-state index < -0.39 is 5.60 Å². The maximum absolute atomic E-state index is 9.74. The molecule has 112 valence electrons. The summed E-state index contributed by atoms with van der Waals surface area (Å²) in [5.41, 5.74) is 0.753. The Morgan fingerprint density at radius 3 is 2.95 bits per heavy atom. The van der Waals surface area contributed by atoms with Gasteiger partial charge in [0.15, 0.2) is 0 Å². The monoisotopic (exact) mass is 287 g/mol. The van der Waals surface area contributed by atoms with Crippen molar-refractivity contribution < 1.29 is 11.3 Å². The van der Waals surface area contributed by atoms with Gasteiger partial charge in [0.25, 0.3) is 0 Å². The molecule has 0 atom stereocenters. The summed E-state index contributed by atoms with van der Waals surface area (Å²) in [7, 11) is 0. The van der Waals surface area contributed by atoms with Crippen LogP contribution in [0.5, 0.6) is 11.6 Å². The zero-order valence-electron chi connectivity index (χ0n) is 11.8. The summed E-state index contributed by atoms with van der Waals surface area (Å²) >= 11 is 0. The number of hydrogen-bond donors (Lipinski definition) is 2. The highest BCUT2D eigenvalue weighted by Gasteiger charge is 2.39. The van der Waals surface area contributed by atoms with Gasteiger partial charge in [0, 0.05) is 20.2 Å². The molecule has 1 aliphatic rings. The molecule has 2 aromatic rings. The van der Waals surface area contributed by atoms with Crippen molar-refractivity contribution in [3.63, 3.8) is 0 Å². The average molecular weight is 287 g/mol. The number of hydrogen-bond acceptors (Lipinski definition) is 5. The molecule has 5 nitrogen and oxygen atoms in total. The lowest BCUT2D eigenvalue weighted by Crippen LogP contribution is -2.29. The van der Waals surface area contributed by atoms with Crippen LogP contribution in [0.4, 0.5) is 0 Å². The maximum Gasteiger partial charge on any atom is 0.238 e. The normalized spacial score (nSPS) is 15.7. The second kappa shape index (κ2) is 6.20. The Bertz CT molecular complexity index is 591. The van der Waals surface area contributed by atoms with E-state index in [2.05, 4.69) is 21.6 Å². The topological polar surface area (TPSA) is 67.3 Å². The van der Waals surface area contributed by atoms with Gasteiger partial charge in [-0.3, -0.25) is 0 Å². The van der Waals surface area contributed by atoms with E-state index in [-0.39, 0.29) is 1.43 Å². The van der Waals surface area contributed by atoms with Crippen molar-refractivity contribution in [2.45, 2.75) is 24.9 Å². The lowest BCUT2D eigenvalue weighted by atomic mass is 10.1. The van der Waals surface area contributed by atoms with Gasteiger partial charge in [-0.15, -0.1) is 5.10 Å². The molecule has 0 unspecified atom stereocenters. The minimum atomic E-state index is -0.434. The molecule has 0 spiro atoms. The minimum Gasteiger partial charge on any atom is -0.438 e. The van der Waals surface area contributed by atoms with E-state index in [0.717, 1.165) is 31.6 Å². The molecule has 21 heavy (non-hydrogen) atoms. The molecular formula is C16H21N3O2. The number of aromatic nitrogens is 2. The molecule has 0 amide bonds. The molecule has 1 heterocycles. The van der Waals surface area contributed by atoms with Crippen LogP contribution in [0.15, 0.2) is 42.6 Å². The summed E-state index contributed by atoms with van der Waals surface area (Å²) in [6, 6.07) is 11.5. The third kappa shape index (κ3) is 4.24. The van der Waals surface area contributed by atoms with Gasteiger partial charge < -0.3 is 15.2 Å². The summed E-state index contributed by atoms with van der Waals surface area (Å²) < 4.78 is 5.66. The van der Waals surface area contributed by atoms with Crippen LogP contribution in [-0.4, -0.2) is 34.0 Å². The molecule has 1 fully saturated rings. The van der Waals surface area contributed by atoms with Crippen LogP contribution < -0.4 is 10.1 Å². The van der Waals surface area contributed by atoms with E-state index in [0.29, 0.717) is 12.4 Å². The molecule has 1 saturated carbocycles. The summed E-state index contributed by atoms with van der Waals surface area (Å²) in [4.78, 5) is 0. The Labute approximate surface area is 125 Å². The predicted octanol–water partition coefficient (Wildman–Crippen LogP) is 2.17. The van der Waals surface area contributed by atoms with Crippen molar-refractivity contribution in [1.29, 1.82) is 0 Å². The smallest absolute Gasteiger partial charge is 0.238 e. The SMILES string of the molecule is OC1(CNCCc2cccc(Oc3cccnn3)c2)CC1.[HH]. The minimum absolute atomic E-state index is 0. The average Bonchev–Trinajstić information content (AvgIpc) is 3.23. The second-order valence-electron chi connectivity index (χ2n) is 5.46. The highest BCUT2D eigenvalue weighted by atomic mass is 16.5. The molecule has 3 rings (SSSR count). The first-order chi connectivity index (χ1) is 10.2. The first-order valence-electron chi connectivity index (χ1n) is 7.21. The maximum atomic E-state index is 9.74. The molecule has 1 aromatic heterocycles. The molecule has 0 aliphatic heterocycles. The van der Waals surface area contributed by atoms with Gasteiger partial charge in [-0.05, 0) is 49.6 Å².